The van der Waals surface area contributed by atoms with E-state index in [9.17, 15) is 19.7 Å². The van der Waals surface area contributed by atoms with Gasteiger partial charge in [0, 0.05) is 6.07 Å². The number of nitrogens with zero attached hydrogens (tertiary/aromatic N) is 2. The highest BCUT2D eigenvalue weighted by molar-refractivity contribution is 5.92. The molecule has 2 aromatic rings. The summed E-state index contributed by atoms with van der Waals surface area (Å²) in [5.74, 6) is -0.337. The maximum Gasteiger partial charge on any atom is 0.286 e. The Labute approximate surface area is 137 Å². The molecule has 0 fully saturated rings. The number of aromatic nitrogens is 1. The molecule has 0 saturated heterocycles. The van der Waals surface area contributed by atoms with Gasteiger partial charge in [-0.05, 0) is 31.0 Å². The number of amides is 1. The van der Waals surface area contributed by atoms with Crippen LogP contribution in [0.2, 0.25) is 0 Å². The summed E-state index contributed by atoms with van der Waals surface area (Å²) in [4.78, 5) is 33.7. The van der Waals surface area contributed by atoms with Crippen molar-refractivity contribution in [2.75, 3.05) is 6.61 Å². The van der Waals surface area contributed by atoms with Crippen LogP contribution in [0.25, 0.3) is 0 Å². The molecule has 1 aromatic heterocycles. The van der Waals surface area contributed by atoms with Gasteiger partial charge in [-0.2, -0.15) is 0 Å². The third-order valence-corrected chi connectivity index (χ3v) is 3.48. The molecule has 1 amide bonds. The number of benzene rings is 1. The summed E-state index contributed by atoms with van der Waals surface area (Å²) in [6.07, 6.45) is 1.07. The van der Waals surface area contributed by atoms with E-state index in [1.807, 2.05) is 32.0 Å². The van der Waals surface area contributed by atoms with Gasteiger partial charge >= 0.3 is 0 Å². The maximum atomic E-state index is 12.1. The quantitative estimate of drug-likeness (QED) is 0.636. The lowest BCUT2D eigenvalue weighted by Crippen LogP contribution is -2.31. The Morgan fingerprint density at radius 2 is 2.04 bits per heavy atom. The third kappa shape index (κ3) is 3.78. The first kappa shape index (κ1) is 17.2. The molecule has 2 N–H and O–H groups in total. The zero-order valence-corrected chi connectivity index (χ0v) is 13.3. The van der Waals surface area contributed by atoms with E-state index in [0.717, 1.165) is 28.0 Å². The minimum atomic E-state index is -1.01. The monoisotopic (exact) mass is 331 g/mol. The molecule has 126 valence electrons. The Morgan fingerprint density at radius 1 is 1.33 bits per heavy atom. The molecule has 0 atom stereocenters. The first-order valence-corrected chi connectivity index (χ1v) is 7.18. The van der Waals surface area contributed by atoms with Gasteiger partial charge in [0.05, 0.1) is 17.7 Å². The highest BCUT2D eigenvalue weighted by Gasteiger charge is 2.17. The number of aryl methyl sites for hydroxylation is 2. The van der Waals surface area contributed by atoms with E-state index in [1.165, 1.54) is 0 Å². The number of primary amides is 1. The molecule has 0 unspecified atom stereocenters. The van der Waals surface area contributed by atoms with Crippen LogP contribution in [0.4, 0.5) is 5.69 Å². The second-order valence-corrected chi connectivity index (χ2v) is 5.35. The number of pyridine rings is 1. The molecule has 2 rings (SSSR count). The molecule has 0 aliphatic rings. The van der Waals surface area contributed by atoms with Gasteiger partial charge in [-0.1, -0.05) is 12.1 Å². The van der Waals surface area contributed by atoms with Crippen molar-refractivity contribution in [3.8, 4) is 5.75 Å². The smallest absolute Gasteiger partial charge is 0.286 e. The fraction of sp³-hybridized carbons (Fsp3) is 0.250. The summed E-state index contributed by atoms with van der Waals surface area (Å²) in [5, 5.41) is 10.9. The number of nitrogens with two attached hydrogens (primary N) is 1. The number of carbonyl (C=O) groups excluding carboxylic acids is 1. The van der Waals surface area contributed by atoms with Crippen molar-refractivity contribution in [3.05, 3.63) is 67.6 Å². The minimum Gasteiger partial charge on any atom is -0.491 e. The zero-order chi connectivity index (χ0) is 17.9. The van der Waals surface area contributed by atoms with E-state index in [1.54, 1.807) is 0 Å². The molecule has 24 heavy (non-hydrogen) atoms. The average Bonchev–Trinajstić information content (AvgIpc) is 2.51. The fourth-order valence-electron chi connectivity index (χ4n) is 2.18. The molecule has 0 aliphatic heterocycles. The van der Waals surface area contributed by atoms with Crippen LogP contribution < -0.4 is 16.0 Å². The highest BCUT2D eigenvalue weighted by Crippen LogP contribution is 2.19. The van der Waals surface area contributed by atoms with Crippen LogP contribution in [0.15, 0.2) is 35.3 Å². The summed E-state index contributed by atoms with van der Waals surface area (Å²) in [5.41, 5.74) is 5.58. The van der Waals surface area contributed by atoms with Crippen LogP contribution in [0, 0.1) is 24.0 Å². The van der Waals surface area contributed by atoms with Crippen molar-refractivity contribution < 1.29 is 14.5 Å². The summed E-state index contributed by atoms with van der Waals surface area (Å²) in [6, 6.07) is 6.61. The lowest BCUT2D eigenvalue weighted by Gasteiger charge is -2.11. The Kier molecular flexibility index (Phi) is 4.98. The molecule has 0 radical (unpaired) electrons. The Balaban J connectivity index is 2.23. The third-order valence-electron chi connectivity index (χ3n) is 3.48. The normalized spacial score (nSPS) is 10.4. The molecule has 1 aromatic carbocycles. The molecule has 0 saturated carbocycles. The number of rotatable bonds is 6. The van der Waals surface area contributed by atoms with Gasteiger partial charge in [0.2, 0.25) is 0 Å². The van der Waals surface area contributed by atoms with Crippen LogP contribution >= 0.6 is 0 Å². The molecule has 8 nitrogen and oxygen atoms in total. The first-order valence-electron chi connectivity index (χ1n) is 7.18. The van der Waals surface area contributed by atoms with Crippen LogP contribution in [0.5, 0.6) is 5.75 Å². The predicted molar refractivity (Wildman–Crippen MR) is 87.3 cm³/mol. The van der Waals surface area contributed by atoms with Gasteiger partial charge in [0.15, 0.2) is 0 Å². The van der Waals surface area contributed by atoms with Crippen LogP contribution in [-0.2, 0) is 6.54 Å². The Hall–Kier alpha value is -3.16. The first-order chi connectivity index (χ1) is 11.3. The standard InChI is InChI=1S/C16H17N3O5/c1-10-3-4-11(2)14(7-10)24-6-5-18-9-12(19(22)23)8-13(15(17)20)16(18)21/h3-4,7-9H,5-6H2,1-2H3,(H2,17,20). The molecule has 1 heterocycles. The van der Waals surface area contributed by atoms with Gasteiger partial charge in [0.1, 0.15) is 17.9 Å². The minimum absolute atomic E-state index is 0.0498. The van der Waals surface area contributed by atoms with E-state index in [-0.39, 0.29) is 18.8 Å². The molecular formula is C16H17N3O5. The maximum absolute atomic E-state index is 12.1. The summed E-state index contributed by atoms with van der Waals surface area (Å²) >= 11 is 0. The van der Waals surface area contributed by atoms with E-state index < -0.39 is 22.0 Å². The molecular weight excluding hydrogens is 314 g/mol. The topological polar surface area (TPSA) is 117 Å². The van der Waals surface area contributed by atoms with Crippen LogP contribution in [-0.4, -0.2) is 22.0 Å². The van der Waals surface area contributed by atoms with Crippen molar-refractivity contribution in [2.24, 2.45) is 5.73 Å². The molecule has 0 aliphatic carbocycles. The van der Waals surface area contributed by atoms with Crippen LogP contribution in [0.3, 0.4) is 0 Å². The SMILES string of the molecule is Cc1ccc(C)c(OCCn2cc([N+](=O)[O-])cc(C(N)=O)c2=O)c1. The van der Waals surface area contributed by atoms with Gasteiger partial charge in [-0.15, -0.1) is 0 Å². The molecule has 8 heteroatoms. The number of hydrogen-bond acceptors (Lipinski definition) is 5. The fourth-order valence-corrected chi connectivity index (χ4v) is 2.18. The highest BCUT2D eigenvalue weighted by atomic mass is 16.6. The van der Waals surface area contributed by atoms with E-state index in [0.29, 0.717) is 5.75 Å². The average molecular weight is 331 g/mol. The largest absolute Gasteiger partial charge is 0.491 e. The van der Waals surface area contributed by atoms with Gasteiger partial charge in [-0.3, -0.25) is 19.7 Å². The predicted octanol–water partition coefficient (Wildman–Crippen LogP) is 1.55. The van der Waals surface area contributed by atoms with E-state index in [2.05, 4.69) is 0 Å². The second-order valence-electron chi connectivity index (χ2n) is 5.35. The zero-order valence-electron chi connectivity index (χ0n) is 13.3. The van der Waals surface area contributed by atoms with Crippen molar-refractivity contribution in [1.29, 1.82) is 0 Å². The van der Waals surface area contributed by atoms with Gasteiger partial charge < -0.3 is 15.0 Å². The number of hydrogen-bond donors (Lipinski definition) is 1. The van der Waals surface area contributed by atoms with Crippen molar-refractivity contribution in [1.82, 2.24) is 4.57 Å². The van der Waals surface area contributed by atoms with Crippen molar-refractivity contribution in [3.63, 3.8) is 0 Å². The Bertz CT molecular complexity index is 857. The number of carbonyl (C=O) groups is 1. The van der Waals surface area contributed by atoms with Gasteiger partial charge in [-0.25, -0.2) is 0 Å². The van der Waals surface area contributed by atoms with Crippen molar-refractivity contribution in [2.45, 2.75) is 20.4 Å². The number of nitro groups is 1. The van der Waals surface area contributed by atoms with Crippen molar-refractivity contribution >= 4 is 11.6 Å². The van der Waals surface area contributed by atoms with E-state index >= 15 is 0 Å². The summed E-state index contributed by atoms with van der Waals surface area (Å²) in [7, 11) is 0. The van der Waals surface area contributed by atoms with E-state index in [4.69, 9.17) is 10.5 Å². The summed E-state index contributed by atoms with van der Waals surface area (Å²) in [6.45, 7) is 3.98. The summed E-state index contributed by atoms with van der Waals surface area (Å²) < 4.78 is 6.69. The van der Waals surface area contributed by atoms with Gasteiger partial charge in [0.25, 0.3) is 17.2 Å². The van der Waals surface area contributed by atoms with Crippen LogP contribution in [0.1, 0.15) is 21.5 Å². The Morgan fingerprint density at radius 3 is 2.67 bits per heavy atom. The molecule has 0 bridgehead atoms. The lowest BCUT2D eigenvalue weighted by molar-refractivity contribution is -0.385. The number of ether oxygens (including phenoxy) is 1. The second kappa shape index (κ2) is 6.95. The lowest BCUT2D eigenvalue weighted by atomic mass is 10.1. The molecule has 0 spiro atoms.